The monoisotopic (exact) mass is 202 g/mol. The fourth-order valence-electron chi connectivity index (χ4n) is 1.62. The molecular formula is C13H14O2. The van der Waals surface area contributed by atoms with Crippen LogP contribution in [0.25, 0.3) is 0 Å². The summed E-state index contributed by atoms with van der Waals surface area (Å²) in [6.07, 6.45) is 2.53. The predicted molar refractivity (Wildman–Crippen MR) is 58.6 cm³/mol. The zero-order valence-electron chi connectivity index (χ0n) is 8.72. The lowest BCUT2D eigenvalue weighted by Crippen LogP contribution is -2.04. The van der Waals surface area contributed by atoms with Crippen molar-refractivity contribution in [3.63, 3.8) is 0 Å². The third-order valence-corrected chi connectivity index (χ3v) is 2.42. The van der Waals surface area contributed by atoms with E-state index in [0.29, 0.717) is 0 Å². The molecule has 0 N–H and O–H groups in total. The summed E-state index contributed by atoms with van der Waals surface area (Å²) in [5.41, 5.74) is 1.18. The van der Waals surface area contributed by atoms with Gasteiger partial charge in [0.25, 0.3) is 0 Å². The lowest BCUT2D eigenvalue weighted by molar-refractivity contribution is 0.0987. The van der Waals surface area contributed by atoms with Crippen LogP contribution in [0.15, 0.2) is 53.1 Å². The van der Waals surface area contributed by atoms with Gasteiger partial charge in [-0.3, -0.25) is 0 Å². The average molecular weight is 202 g/mol. The number of hydrogen-bond acceptors (Lipinski definition) is 2. The van der Waals surface area contributed by atoms with Crippen molar-refractivity contribution in [1.29, 1.82) is 0 Å². The molecule has 0 aliphatic heterocycles. The number of rotatable bonds is 4. The molecule has 1 aromatic heterocycles. The van der Waals surface area contributed by atoms with Crippen LogP contribution < -0.4 is 0 Å². The summed E-state index contributed by atoms with van der Waals surface area (Å²) < 4.78 is 10.8. The van der Waals surface area contributed by atoms with Crippen LogP contribution in [0.2, 0.25) is 0 Å². The molecule has 0 radical (unpaired) electrons. The van der Waals surface area contributed by atoms with E-state index < -0.39 is 0 Å². The lowest BCUT2D eigenvalue weighted by Gasteiger charge is -2.13. The molecule has 2 aromatic rings. The quantitative estimate of drug-likeness (QED) is 0.759. The maximum atomic E-state index is 5.45. The number of hydrogen-bond donors (Lipinski definition) is 0. The van der Waals surface area contributed by atoms with Crippen LogP contribution in [-0.4, -0.2) is 7.11 Å². The number of ether oxygens (including phenoxy) is 1. The Morgan fingerprint density at radius 2 is 1.93 bits per heavy atom. The lowest BCUT2D eigenvalue weighted by atomic mass is 10.1. The van der Waals surface area contributed by atoms with Gasteiger partial charge in [0.05, 0.1) is 12.4 Å². The third-order valence-electron chi connectivity index (χ3n) is 2.42. The number of furan rings is 1. The Labute approximate surface area is 89.5 Å². The number of methoxy groups -OCH3 is 1. The van der Waals surface area contributed by atoms with Crippen molar-refractivity contribution in [1.82, 2.24) is 0 Å². The van der Waals surface area contributed by atoms with E-state index in [1.807, 2.05) is 30.3 Å². The van der Waals surface area contributed by atoms with E-state index in [0.717, 1.165) is 12.2 Å². The molecular weight excluding hydrogens is 188 g/mol. The Kier molecular flexibility index (Phi) is 3.20. The fourth-order valence-corrected chi connectivity index (χ4v) is 1.62. The highest BCUT2D eigenvalue weighted by atomic mass is 16.5. The largest absolute Gasteiger partial charge is 0.469 e. The van der Waals surface area contributed by atoms with Gasteiger partial charge in [-0.1, -0.05) is 30.3 Å². The molecule has 2 nitrogen and oxygen atoms in total. The maximum absolute atomic E-state index is 5.45. The van der Waals surface area contributed by atoms with Crippen molar-refractivity contribution >= 4 is 0 Å². The fraction of sp³-hybridized carbons (Fsp3) is 0.231. The first-order chi connectivity index (χ1) is 7.40. The van der Waals surface area contributed by atoms with Gasteiger partial charge in [-0.2, -0.15) is 0 Å². The van der Waals surface area contributed by atoms with Gasteiger partial charge in [0.2, 0.25) is 0 Å². The molecule has 0 saturated heterocycles. The molecule has 1 heterocycles. The minimum absolute atomic E-state index is 0.0670. The van der Waals surface area contributed by atoms with Crippen molar-refractivity contribution in [3.8, 4) is 0 Å². The van der Waals surface area contributed by atoms with Gasteiger partial charge in [-0.15, -0.1) is 0 Å². The second-order valence-corrected chi connectivity index (χ2v) is 3.42. The molecule has 2 rings (SSSR count). The molecule has 78 valence electrons. The van der Waals surface area contributed by atoms with E-state index in [1.54, 1.807) is 13.4 Å². The summed E-state index contributed by atoms with van der Waals surface area (Å²) in [5.74, 6) is 0.950. The van der Waals surface area contributed by atoms with Crippen molar-refractivity contribution in [3.05, 3.63) is 60.1 Å². The van der Waals surface area contributed by atoms with Crippen LogP contribution in [-0.2, 0) is 11.2 Å². The summed E-state index contributed by atoms with van der Waals surface area (Å²) >= 11 is 0. The Hall–Kier alpha value is -1.54. The molecule has 15 heavy (non-hydrogen) atoms. The molecule has 0 saturated carbocycles. The van der Waals surface area contributed by atoms with Gasteiger partial charge in [0, 0.05) is 13.5 Å². The summed E-state index contributed by atoms with van der Waals surface area (Å²) in [5, 5.41) is 0. The smallest absolute Gasteiger partial charge is 0.106 e. The topological polar surface area (TPSA) is 22.4 Å². The molecule has 0 spiro atoms. The van der Waals surface area contributed by atoms with Crippen LogP contribution in [0.4, 0.5) is 0 Å². The first-order valence-corrected chi connectivity index (χ1v) is 5.00. The molecule has 1 aromatic carbocycles. The SMILES string of the molecule is COC(Cc1ccco1)c1ccccc1. The molecule has 1 atom stereocenters. The van der Waals surface area contributed by atoms with E-state index >= 15 is 0 Å². The zero-order chi connectivity index (χ0) is 10.5. The van der Waals surface area contributed by atoms with E-state index in [2.05, 4.69) is 12.1 Å². The van der Waals surface area contributed by atoms with E-state index in [-0.39, 0.29) is 6.10 Å². The maximum Gasteiger partial charge on any atom is 0.106 e. The minimum Gasteiger partial charge on any atom is -0.469 e. The van der Waals surface area contributed by atoms with Crippen molar-refractivity contribution in [2.24, 2.45) is 0 Å². The summed E-state index contributed by atoms with van der Waals surface area (Å²) in [4.78, 5) is 0. The average Bonchev–Trinajstić information content (AvgIpc) is 2.80. The number of benzene rings is 1. The van der Waals surface area contributed by atoms with Crippen LogP contribution in [0.5, 0.6) is 0 Å². The van der Waals surface area contributed by atoms with Crippen LogP contribution in [0, 0.1) is 0 Å². The zero-order valence-corrected chi connectivity index (χ0v) is 8.72. The molecule has 1 unspecified atom stereocenters. The van der Waals surface area contributed by atoms with Crippen molar-refractivity contribution < 1.29 is 9.15 Å². The normalized spacial score (nSPS) is 12.6. The Morgan fingerprint density at radius 1 is 1.13 bits per heavy atom. The van der Waals surface area contributed by atoms with Gasteiger partial charge in [0.15, 0.2) is 0 Å². The van der Waals surface area contributed by atoms with E-state index in [9.17, 15) is 0 Å². The summed E-state index contributed by atoms with van der Waals surface area (Å²) in [7, 11) is 1.72. The van der Waals surface area contributed by atoms with Crippen molar-refractivity contribution in [2.45, 2.75) is 12.5 Å². The molecule has 2 heteroatoms. The predicted octanol–water partition coefficient (Wildman–Crippen LogP) is 3.21. The van der Waals surface area contributed by atoms with Gasteiger partial charge >= 0.3 is 0 Å². The first kappa shape index (κ1) is 9.99. The third kappa shape index (κ3) is 2.48. The van der Waals surface area contributed by atoms with Crippen molar-refractivity contribution in [2.75, 3.05) is 7.11 Å². The highest BCUT2D eigenvalue weighted by molar-refractivity contribution is 5.19. The summed E-state index contributed by atoms with van der Waals surface area (Å²) in [6.45, 7) is 0. The molecule has 0 fully saturated rings. The van der Waals surface area contributed by atoms with E-state index in [1.165, 1.54) is 5.56 Å². The second kappa shape index (κ2) is 4.80. The van der Waals surface area contributed by atoms with Crippen LogP contribution in [0.1, 0.15) is 17.4 Å². The summed E-state index contributed by atoms with van der Waals surface area (Å²) in [6, 6.07) is 14.0. The van der Waals surface area contributed by atoms with Crippen LogP contribution in [0.3, 0.4) is 0 Å². The highest BCUT2D eigenvalue weighted by Crippen LogP contribution is 2.21. The first-order valence-electron chi connectivity index (χ1n) is 5.00. The Balaban J connectivity index is 2.12. The Bertz CT molecular complexity index is 378. The van der Waals surface area contributed by atoms with Gasteiger partial charge in [0.1, 0.15) is 5.76 Å². The van der Waals surface area contributed by atoms with Crippen LogP contribution >= 0.6 is 0 Å². The molecule has 0 aliphatic rings. The molecule has 0 aliphatic carbocycles. The Morgan fingerprint density at radius 3 is 2.53 bits per heavy atom. The standard InChI is InChI=1S/C13H14O2/c1-14-13(10-12-8-5-9-15-12)11-6-3-2-4-7-11/h2-9,13H,10H2,1H3. The van der Waals surface area contributed by atoms with Gasteiger partial charge in [-0.25, -0.2) is 0 Å². The van der Waals surface area contributed by atoms with Gasteiger partial charge < -0.3 is 9.15 Å². The minimum atomic E-state index is 0.0670. The molecule has 0 bridgehead atoms. The second-order valence-electron chi connectivity index (χ2n) is 3.42. The van der Waals surface area contributed by atoms with E-state index in [4.69, 9.17) is 9.15 Å². The molecule has 0 amide bonds. The van der Waals surface area contributed by atoms with Gasteiger partial charge in [-0.05, 0) is 17.7 Å². The highest BCUT2D eigenvalue weighted by Gasteiger charge is 2.11.